The van der Waals surface area contributed by atoms with Crippen molar-refractivity contribution in [2.75, 3.05) is 13.2 Å². The van der Waals surface area contributed by atoms with Crippen LogP contribution in [0, 0.1) is 12.7 Å². The van der Waals surface area contributed by atoms with E-state index < -0.39 is 5.82 Å². The standard InChI is InChI=1S/C18H20ClFN2O2/c1-12-3-6-15(17(9-12)24-8-2-7-21)18(23)22-11-13-4-5-14(20)10-16(13)19/h3-6,9-10H,2,7-8,11,21H2,1H3,(H,22,23). The van der Waals surface area contributed by atoms with Gasteiger partial charge in [0, 0.05) is 11.6 Å². The molecule has 6 heteroatoms. The minimum Gasteiger partial charge on any atom is -0.493 e. The van der Waals surface area contributed by atoms with E-state index in [1.165, 1.54) is 12.1 Å². The Balaban J connectivity index is 2.08. The van der Waals surface area contributed by atoms with Crippen LogP contribution in [0.15, 0.2) is 36.4 Å². The quantitative estimate of drug-likeness (QED) is 0.752. The van der Waals surface area contributed by atoms with Crippen molar-refractivity contribution in [3.63, 3.8) is 0 Å². The van der Waals surface area contributed by atoms with Gasteiger partial charge < -0.3 is 15.8 Å². The maximum absolute atomic E-state index is 13.1. The number of nitrogens with two attached hydrogens (primary N) is 1. The molecule has 4 nitrogen and oxygen atoms in total. The third-order valence-corrected chi connectivity index (χ3v) is 3.79. The first-order valence-electron chi connectivity index (χ1n) is 7.67. The van der Waals surface area contributed by atoms with Crippen LogP contribution < -0.4 is 15.8 Å². The Morgan fingerprint density at radius 1 is 1.29 bits per heavy atom. The van der Waals surface area contributed by atoms with E-state index in [-0.39, 0.29) is 17.5 Å². The molecule has 0 atom stereocenters. The number of amides is 1. The second-order valence-corrected chi connectivity index (χ2v) is 5.82. The fourth-order valence-corrected chi connectivity index (χ4v) is 2.37. The van der Waals surface area contributed by atoms with E-state index >= 15 is 0 Å². The summed E-state index contributed by atoms with van der Waals surface area (Å²) >= 11 is 5.97. The number of hydrogen-bond acceptors (Lipinski definition) is 3. The van der Waals surface area contributed by atoms with Gasteiger partial charge in [-0.25, -0.2) is 4.39 Å². The molecule has 0 aliphatic heterocycles. The smallest absolute Gasteiger partial charge is 0.255 e. The zero-order valence-corrected chi connectivity index (χ0v) is 14.2. The van der Waals surface area contributed by atoms with Crippen molar-refractivity contribution >= 4 is 17.5 Å². The second kappa shape index (κ2) is 8.66. The molecule has 24 heavy (non-hydrogen) atoms. The van der Waals surface area contributed by atoms with Crippen molar-refractivity contribution in [3.8, 4) is 5.75 Å². The van der Waals surface area contributed by atoms with Gasteiger partial charge in [0.2, 0.25) is 0 Å². The van der Waals surface area contributed by atoms with Crippen LogP contribution in [0.4, 0.5) is 4.39 Å². The number of nitrogens with one attached hydrogen (secondary N) is 1. The van der Waals surface area contributed by atoms with Gasteiger partial charge in [-0.1, -0.05) is 23.7 Å². The van der Waals surface area contributed by atoms with Gasteiger partial charge in [0.15, 0.2) is 0 Å². The maximum Gasteiger partial charge on any atom is 0.255 e. The molecule has 0 saturated carbocycles. The molecule has 0 aliphatic rings. The van der Waals surface area contributed by atoms with Crippen LogP contribution in [0.2, 0.25) is 5.02 Å². The Kier molecular flexibility index (Phi) is 6.58. The molecule has 2 aromatic rings. The Labute approximate surface area is 145 Å². The zero-order chi connectivity index (χ0) is 17.5. The first-order valence-corrected chi connectivity index (χ1v) is 8.04. The molecular weight excluding hydrogens is 331 g/mol. The Morgan fingerprint density at radius 2 is 2.08 bits per heavy atom. The van der Waals surface area contributed by atoms with Crippen molar-refractivity contribution in [1.29, 1.82) is 0 Å². The summed E-state index contributed by atoms with van der Waals surface area (Å²) in [6.45, 7) is 3.10. The van der Waals surface area contributed by atoms with Gasteiger partial charge in [-0.3, -0.25) is 4.79 Å². The fraction of sp³-hybridized carbons (Fsp3) is 0.278. The van der Waals surface area contributed by atoms with Crippen molar-refractivity contribution in [1.82, 2.24) is 5.32 Å². The van der Waals surface area contributed by atoms with E-state index in [1.807, 2.05) is 19.1 Å². The molecular formula is C18H20ClFN2O2. The molecule has 2 aromatic carbocycles. The van der Waals surface area contributed by atoms with E-state index in [2.05, 4.69) is 5.32 Å². The molecule has 3 N–H and O–H groups in total. The highest BCUT2D eigenvalue weighted by Crippen LogP contribution is 2.21. The molecule has 0 radical (unpaired) electrons. The first kappa shape index (κ1) is 18.2. The number of hydrogen-bond donors (Lipinski definition) is 2. The summed E-state index contributed by atoms with van der Waals surface area (Å²) in [6, 6.07) is 9.45. The van der Waals surface area contributed by atoms with Crippen molar-refractivity contribution < 1.29 is 13.9 Å². The van der Waals surface area contributed by atoms with Gasteiger partial charge in [0.25, 0.3) is 5.91 Å². The number of carbonyl (C=O) groups excluding carboxylic acids is 1. The van der Waals surface area contributed by atoms with Crippen molar-refractivity contribution in [2.24, 2.45) is 5.73 Å². The number of benzene rings is 2. The molecule has 2 rings (SSSR count). The highest BCUT2D eigenvalue weighted by atomic mass is 35.5. The molecule has 0 unspecified atom stereocenters. The molecule has 0 heterocycles. The highest BCUT2D eigenvalue weighted by molar-refractivity contribution is 6.31. The van der Waals surface area contributed by atoms with Crippen LogP contribution in [0.25, 0.3) is 0 Å². The maximum atomic E-state index is 13.1. The predicted molar refractivity (Wildman–Crippen MR) is 92.9 cm³/mol. The molecule has 0 saturated heterocycles. The third-order valence-electron chi connectivity index (χ3n) is 3.44. The van der Waals surface area contributed by atoms with E-state index in [4.69, 9.17) is 22.1 Å². The minimum atomic E-state index is -0.413. The lowest BCUT2D eigenvalue weighted by Crippen LogP contribution is -2.24. The van der Waals surface area contributed by atoms with Crippen molar-refractivity contribution in [3.05, 3.63) is 63.9 Å². The lowest BCUT2D eigenvalue weighted by atomic mass is 10.1. The van der Waals surface area contributed by atoms with Crippen LogP contribution in [-0.4, -0.2) is 19.1 Å². The number of ether oxygens (including phenoxy) is 1. The SMILES string of the molecule is Cc1ccc(C(=O)NCc2ccc(F)cc2Cl)c(OCCCN)c1. The van der Waals surface area contributed by atoms with Crippen LogP contribution >= 0.6 is 11.6 Å². The van der Waals surface area contributed by atoms with Gasteiger partial charge in [0.1, 0.15) is 11.6 Å². The van der Waals surface area contributed by atoms with E-state index in [0.29, 0.717) is 36.4 Å². The molecule has 0 fully saturated rings. The molecule has 1 amide bonds. The van der Waals surface area contributed by atoms with Gasteiger partial charge in [-0.05, 0) is 55.3 Å². The Bertz CT molecular complexity index is 722. The summed E-state index contributed by atoms with van der Waals surface area (Å²) in [4.78, 5) is 12.4. The zero-order valence-electron chi connectivity index (χ0n) is 13.4. The summed E-state index contributed by atoms with van der Waals surface area (Å²) in [5.74, 6) is -0.173. The van der Waals surface area contributed by atoms with Crippen molar-refractivity contribution in [2.45, 2.75) is 19.9 Å². The largest absolute Gasteiger partial charge is 0.493 e. The summed E-state index contributed by atoms with van der Waals surface area (Å²) in [7, 11) is 0. The summed E-state index contributed by atoms with van der Waals surface area (Å²) in [5, 5.41) is 3.05. The number of rotatable bonds is 7. The molecule has 128 valence electrons. The van der Waals surface area contributed by atoms with Gasteiger partial charge >= 0.3 is 0 Å². The van der Waals surface area contributed by atoms with Crippen LogP contribution in [0.1, 0.15) is 27.9 Å². The molecule has 0 spiro atoms. The Morgan fingerprint density at radius 3 is 2.79 bits per heavy atom. The minimum absolute atomic E-state index is 0.202. The first-order chi connectivity index (χ1) is 11.5. The summed E-state index contributed by atoms with van der Waals surface area (Å²) < 4.78 is 18.7. The highest BCUT2D eigenvalue weighted by Gasteiger charge is 2.13. The average molecular weight is 351 g/mol. The van der Waals surface area contributed by atoms with Crippen LogP contribution in [0.3, 0.4) is 0 Å². The summed E-state index contributed by atoms with van der Waals surface area (Å²) in [5.41, 5.74) is 7.54. The summed E-state index contributed by atoms with van der Waals surface area (Å²) in [6.07, 6.45) is 0.709. The molecule has 0 aliphatic carbocycles. The second-order valence-electron chi connectivity index (χ2n) is 5.41. The van der Waals surface area contributed by atoms with Gasteiger partial charge in [0.05, 0.1) is 12.2 Å². The predicted octanol–water partition coefficient (Wildman–Crippen LogP) is 3.45. The van der Waals surface area contributed by atoms with E-state index in [1.54, 1.807) is 12.1 Å². The van der Waals surface area contributed by atoms with E-state index in [0.717, 1.165) is 5.56 Å². The number of aryl methyl sites for hydroxylation is 1. The topological polar surface area (TPSA) is 64.3 Å². The normalized spacial score (nSPS) is 10.5. The number of carbonyl (C=O) groups is 1. The fourth-order valence-electron chi connectivity index (χ4n) is 2.14. The lowest BCUT2D eigenvalue weighted by molar-refractivity contribution is 0.0947. The lowest BCUT2D eigenvalue weighted by Gasteiger charge is -2.13. The third kappa shape index (κ3) is 4.94. The van der Waals surface area contributed by atoms with Crippen LogP contribution in [-0.2, 0) is 6.54 Å². The van der Waals surface area contributed by atoms with Crippen LogP contribution in [0.5, 0.6) is 5.75 Å². The average Bonchev–Trinajstić information content (AvgIpc) is 2.54. The monoisotopic (exact) mass is 350 g/mol. The molecule has 0 aromatic heterocycles. The van der Waals surface area contributed by atoms with E-state index in [9.17, 15) is 9.18 Å². The molecule has 0 bridgehead atoms. The van der Waals surface area contributed by atoms with Gasteiger partial charge in [-0.15, -0.1) is 0 Å². The van der Waals surface area contributed by atoms with Gasteiger partial charge in [-0.2, -0.15) is 0 Å². The number of halogens is 2. The Hall–Kier alpha value is -2.11.